The van der Waals surface area contributed by atoms with Gasteiger partial charge in [0.1, 0.15) is 17.6 Å². The molecular weight excluding hydrogens is 314 g/mol. The average molecular weight is 331 g/mol. The molecular formula is C16H17N3O3S. The number of hydrogen-bond donors (Lipinski definition) is 0. The molecule has 120 valence electrons. The molecule has 2 aromatic heterocycles. The van der Waals surface area contributed by atoms with Crippen LogP contribution in [0.2, 0.25) is 0 Å². The third-order valence-corrected chi connectivity index (χ3v) is 5.78. The smallest absolute Gasteiger partial charge is 0.276 e. The van der Waals surface area contributed by atoms with Gasteiger partial charge in [-0.15, -0.1) is 11.8 Å². The highest BCUT2D eigenvalue weighted by Crippen LogP contribution is 2.46. The van der Waals surface area contributed by atoms with Crippen molar-refractivity contribution in [2.45, 2.75) is 24.2 Å². The summed E-state index contributed by atoms with van der Waals surface area (Å²) < 4.78 is 11.1. The fourth-order valence-electron chi connectivity index (χ4n) is 3.13. The number of amides is 1. The second-order valence-electron chi connectivity index (χ2n) is 6.11. The Kier molecular flexibility index (Phi) is 3.52. The molecule has 2 saturated heterocycles. The minimum absolute atomic E-state index is 0.0512. The molecule has 2 aliphatic rings. The predicted octanol–water partition coefficient (Wildman–Crippen LogP) is 2.16. The lowest BCUT2D eigenvalue weighted by atomic mass is 9.92. The van der Waals surface area contributed by atoms with Gasteiger partial charge in [0.15, 0.2) is 5.69 Å². The van der Waals surface area contributed by atoms with Gasteiger partial charge in [0.2, 0.25) is 0 Å². The molecule has 2 aromatic rings. The molecule has 4 rings (SSSR count). The Labute approximate surface area is 138 Å². The van der Waals surface area contributed by atoms with Gasteiger partial charge in [0.25, 0.3) is 5.91 Å². The fourth-order valence-corrected chi connectivity index (χ4v) is 4.65. The van der Waals surface area contributed by atoms with E-state index in [9.17, 15) is 4.79 Å². The van der Waals surface area contributed by atoms with E-state index in [2.05, 4.69) is 10.1 Å². The molecule has 7 heteroatoms. The minimum Gasteiger partial charge on any atom is -0.488 e. The van der Waals surface area contributed by atoms with Gasteiger partial charge in [-0.3, -0.25) is 9.78 Å². The highest BCUT2D eigenvalue weighted by Gasteiger charge is 2.51. The van der Waals surface area contributed by atoms with E-state index in [0.29, 0.717) is 11.5 Å². The van der Waals surface area contributed by atoms with Crippen LogP contribution in [0.3, 0.4) is 0 Å². The second kappa shape index (κ2) is 5.56. The quantitative estimate of drug-likeness (QED) is 0.858. The number of pyridine rings is 1. The number of carbonyl (C=O) groups excluding carboxylic acids is 1. The number of thioether (sulfide) groups is 1. The van der Waals surface area contributed by atoms with E-state index < -0.39 is 0 Å². The van der Waals surface area contributed by atoms with E-state index >= 15 is 0 Å². The van der Waals surface area contributed by atoms with Crippen molar-refractivity contribution in [2.24, 2.45) is 0 Å². The van der Waals surface area contributed by atoms with Gasteiger partial charge in [-0.2, -0.15) is 0 Å². The summed E-state index contributed by atoms with van der Waals surface area (Å²) in [6, 6.07) is 5.48. The van der Waals surface area contributed by atoms with Gasteiger partial charge in [-0.25, -0.2) is 0 Å². The molecule has 2 aliphatic heterocycles. The first kappa shape index (κ1) is 14.6. The third kappa shape index (κ3) is 2.81. The number of aryl methyl sites for hydroxylation is 1. The first-order valence-corrected chi connectivity index (χ1v) is 8.55. The topological polar surface area (TPSA) is 68.5 Å². The van der Waals surface area contributed by atoms with E-state index in [4.69, 9.17) is 9.26 Å². The molecule has 0 bridgehead atoms. The Morgan fingerprint density at radius 2 is 2.39 bits per heavy atom. The fraction of sp³-hybridized carbons (Fsp3) is 0.438. The molecule has 6 nitrogen and oxygen atoms in total. The summed E-state index contributed by atoms with van der Waals surface area (Å²) in [6.45, 7) is 3.28. The number of hydrogen-bond acceptors (Lipinski definition) is 6. The summed E-state index contributed by atoms with van der Waals surface area (Å²) >= 11 is 1.90. The zero-order valence-electron chi connectivity index (χ0n) is 12.8. The highest BCUT2D eigenvalue weighted by molar-refractivity contribution is 8.01. The van der Waals surface area contributed by atoms with E-state index in [1.807, 2.05) is 28.8 Å². The number of nitrogens with zero attached hydrogens (tertiary/aromatic N) is 3. The highest BCUT2D eigenvalue weighted by atomic mass is 32.2. The maximum Gasteiger partial charge on any atom is 0.276 e. The lowest BCUT2D eigenvalue weighted by Gasteiger charge is -2.47. The zero-order chi connectivity index (χ0) is 15.9. The maximum absolute atomic E-state index is 12.3. The zero-order valence-corrected chi connectivity index (χ0v) is 13.6. The van der Waals surface area contributed by atoms with Crippen LogP contribution in [0.25, 0.3) is 0 Å². The molecule has 0 N–H and O–H groups in total. The number of aromatic nitrogens is 2. The lowest BCUT2D eigenvalue weighted by Crippen LogP contribution is -2.60. The number of likely N-dealkylation sites (tertiary alicyclic amines) is 1. The number of rotatable bonds is 3. The minimum atomic E-state index is -0.0512. The summed E-state index contributed by atoms with van der Waals surface area (Å²) in [7, 11) is 0. The first-order valence-electron chi connectivity index (χ1n) is 7.57. The molecule has 0 radical (unpaired) electrons. The van der Waals surface area contributed by atoms with E-state index in [0.717, 1.165) is 31.0 Å². The van der Waals surface area contributed by atoms with Crippen molar-refractivity contribution in [1.29, 1.82) is 0 Å². The van der Waals surface area contributed by atoms with Crippen molar-refractivity contribution in [3.05, 3.63) is 42.0 Å². The number of carbonyl (C=O) groups is 1. The maximum atomic E-state index is 12.3. The monoisotopic (exact) mass is 331 g/mol. The molecule has 23 heavy (non-hydrogen) atoms. The van der Waals surface area contributed by atoms with E-state index in [1.165, 1.54) is 0 Å². The molecule has 4 heterocycles. The van der Waals surface area contributed by atoms with Crippen LogP contribution < -0.4 is 4.74 Å². The van der Waals surface area contributed by atoms with Crippen LogP contribution in [-0.4, -0.2) is 50.6 Å². The van der Waals surface area contributed by atoms with Crippen molar-refractivity contribution in [3.8, 4) is 5.75 Å². The standard InChI is InChI=1S/C16H17N3O3S/c1-11-5-14(18-22-11)15(20)19-9-16(10-19)6-13(8-23-16)21-12-3-2-4-17-7-12/h2-5,7,13H,6,8-10H2,1H3/t13-/m0/s1. The van der Waals surface area contributed by atoms with Gasteiger partial charge >= 0.3 is 0 Å². The Hall–Kier alpha value is -2.02. The van der Waals surface area contributed by atoms with Crippen molar-refractivity contribution in [1.82, 2.24) is 15.0 Å². The largest absolute Gasteiger partial charge is 0.488 e. The Bertz CT molecular complexity index is 712. The van der Waals surface area contributed by atoms with Gasteiger partial charge in [0.05, 0.1) is 10.9 Å². The van der Waals surface area contributed by atoms with Gasteiger partial charge < -0.3 is 14.2 Å². The van der Waals surface area contributed by atoms with Crippen LogP contribution in [0.1, 0.15) is 22.7 Å². The van der Waals surface area contributed by atoms with Crippen LogP contribution in [0, 0.1) is 6.92 Å². The van der Waals surface area contributed by atoms with Gasteiger partial charge in [-0.05, 0) is 19.1 Å². The predicted molar refractivity (Wildman–Crippen MR) is 85.6 cm³/mol. The Morgan fingerprint density at radius 1 is 1.52 bits per heavy atom. The van der Waals surface area contributed by atoms with Crippen molar-refractivity contribution in [3.63, 3.8) is 0 Å². The van der Waals surface area contributed by atoms with Crippen molar-refractivity contribution in [2.75, 3.05) is 18.8 Å². The molecule has 0 saturated carbocycles. The molecule has 2 fully saturated rings. The van der Waals surface area contributed by atoms with Crippen LogP contribution in [0.5, 0.6) is 5.75 Å². The third-order valence-electron chi connectivity index (χ3n) is 4.20. The van der Waals surface area contributed by atoms with E-state index in [1.54, 1.807) is 25.4 Å². The summed E-state index contributed by atoms with van der Waals surface area (Å²) in [5.74, 6) is 2.36. The van der Waals surface area contributed by atoms with Crippen LogP contribution in [0.4, 0.5) is 0 Å². The lowest BCUT2D eigenvalue weighted by molar-refractivity contribution is 0.0508. The molecule has 0 unspecified atom stereocenters. The van der Waals surface area contributed by atoms with Crippen LogP contribution in [0.15, 0.2) is 35.1 Å². The van der Waals surface area contributed by atoms with Crippen LogP contribution >= 0.6 is 11.8 Å². The normalized spacial score (nSPS) is 22.1. The van der Waals surface area contributed by atoms with Crippen LogP contribution in [-0.2, 0) is 0 Å². The molecule has 1 amide bonds. The van der Waals surface area contributed by atoms with Gasteiger partial charge in [0, 0.05) is 37.5 Å². The summed E-state index contributed by atoms with van der Waals surface area (Å²) in [6.07, 6.45) is 4.60. The molecule has 1 spiro atoms. The Morgan fingerprint density at radius 3 is 3.09 bits per heavy atom. The molecule has 0 aromatic carbocycles. The van der Waals surface area contributed by atoms with Gasteiger partial charge in [-0.1, -0.05) is 5.16 Å². The first-order chi connectivity index (χ1) is 11.1. The summed E-state index contributed by atoms with van der Waals surface area (Å²) in [5.41, 5.74) is 0.392. The van der Waals surface area contributed by atoms with E-state index in [-0.39, 0.29) is 16.8 Å². The number of ether oxygens (including phenoxy) is 1. The van der Waals surface area contributed by atoms with Crippen molar-refractivity contribution < 1.29 is 14.1 Å². The Balaban J connectivity index is 1.33. The average Bonchev–Trinajstić information content (AvgIpc) is 3.13. The molecule has 1 atom stereocenters. The van der Waals surface area contributed by atoms with Crippen molar-refractivity contribution >= 4 is 17.7 Å². The second-order valence-corrected chi connectivity index (χ2v) is 7.60. The summed E-state index contributed by atoms with van der Waals surface area (Å²) in [4.78, 5) is 18.2. The SMILES string of the molecule is Cc1cc(C(=O)N2CC3(C[C@H](Oc4cccnc4)CS3)C2)no1. The molecule has 0 aliphatic carbocycles. The summed E-state index contributed by atoms with van der Waals surface area (Å²) in [5, 5.41) is 3.80.